The Morgan fingerprint density at radius 3 is 1.40 bits per heavy atom. The Bertz CT molecular complexity index is 519. The van der Waals surface area contributed by atoms with Crippen molar-refractivity contribution in [3.63, 3.8) is 0 Å². The summed E-state index contributed by atoms with van der Waals surface area (Å²) in [7, 11) is 0. The van der Waals surface area contributed by atoms with Crippen molar-refractivity contribution in [2.24, 2.45) is 0 Å². The fraction of sp³-hybridized carbons (Fsp3) is 0.700. The van der Waals surface area contributed by atoms with Gasteiger partial charge in [0.05, 0.1) is 0 Å². The molecule has 2 nitrogen and oxygen atoms in total. The van der Waals surface area contributed by atoms with Crippen LogP contribution in [0.1, 0.15) is 0 Å². The van der Waals surface area contributed by atoms with Crippen LogP contribution in [0.25, 0.3) is 0 Å². The molecule has 0 spiro atoms. The van der Waals surface area contributed by atoms with Gasteiger partial charge in [-0.25, -0.2) is 4.79 Å². The number of alkyl halides is 13. The maximum absolute atomic E-state index is 13.1. The quantitative estimate of drug-likeness (QED) is 0.356. The minimum Gasteiger partial charge on any atom is -0.456 e. The van der Waals surface area contributed by atoms with E-state index in [0.29, 0.717) is 0 Å². The Hall–Kier alpha value is -1.70. The van der Waals surface area contributed by atoms with E-state index < -0.39 is 48.4 Å². The Balaban J connectivity index is 6.02. The lowest BCUT2D eigenvalue weighted by Gasteiger charge is -2.39. The van der Waals surface area contributed by atoms with Gasteiger partial charge in [0.2, 0.25) is 0 Å². The van der Waals surface area contributed by atoms with Crippen molar-refractivity contribution in [3.8, 4) is 0 Å². The average Bonchev–Trinajstić information content (AvgIpc) is 2.42. The predicted molar refractivity (Wildman–Crippen MR) is 51.9 cm³/mol. The van der Waals surface area contributed by atoms with Crippen molar-refractivity contribution in [2.75, 3.05) is 6.61 Å². The first kappa shape index (κ1) is 23.3. The highest BCUT2D eigenvalue weighted by Gasteiger charge is 2.90. The van der Waals surface area contributed by atoms with Gasteiger partial charge in [0.25, 0.3) is 0 Å². The highest BCUT2D eigenvalue weighted by atomic mass is 19.4. The van der Waals surface area contributed by atoms with Crippen LogP contribution in [0.5, 0.6) is 0 Å². The van der Waals surface area contributed by atoms with Crippen molar-refractivity contribution < 1.29 is 66.6 Å². The lowest BCUT2D eigenvalue weighted by Crippen LogP contribution is -2.70. The molecule has 0 aromatic heterocycles. The van der Waals surface area contributed by atoms with Crippen LogP contribution in [0.2, 0.25) is 0 Å². The van der Waals surface area contributed by atoms with Crippen LogP contribution in [-0.4, -0.2) is 48.4 Å². The topological polar surface area (TPSA) is 26.3 Å². The molecule has 0 saturated heterocycles. The van der Waals surface area contributed by atoms with Crippen LogP contribution in [0, 0.1) is 0 Å². The van der Waals surface area contributed by atoms with Gasteiger partial charge >= 0.3 is 41.8 Å². The molecule has 0 aliphatic heterocycles. The number of hydrogen-bond acceptors (Lipinski definition) is 2. The third kappa shape index (κ3) is 3.49. The third-order valence-electron chi connectivity index (χ3n) is 2.56. The van der Waals surface area contributed by atoms with Gasteiger partial charge in [-0.15, -0.1) is 0 Å². The number of carbonyl (C=O) groups excluding carboxylic acids is 1. The summed E-state index contributed by atoms with van der Waals surface area (Å²) in [6.45, 7) is -0.462. The van der Waals surface area contributed by atoms with Crippen LogP contribution < -0.4 is 0 Å². The van der Waals surface area contributed by atoms with E-state index in [-0.39, 0.29) is 6.08 Å². The molecular formula is C10H5F13O2. The second-order valence-corrected chi connectivity index (χ2v) is 4.31. The van der Waals surface area contributed by atoms with Crippen LogP contribution in [0.15, 0.2) is 12.7 Å². The second kappa shape index (κ2) is 6.23. The van der Waals surface area contributed by atoms with Gasteiger partial charge in [-0.05, 0) is 0 Å². The highest BCUT2D eigenvalue weighted by Crippen LogP contribution is 2.60. The zero-order valence-corrected chi connectivity index (χ0v) is 11.2. The molecule has 0 aliphatic rings. The van der Waals surface area contributed by atoms with E-state index in [9.17, 15) is 61.9 Å². The fourth-order valence-corrected chi connectivity index (χ4v) is 1.11. The van der Waals surface area contributed by atoms with E-state index in [0.717, 1.165) is 0 Å². The smallest absolute Gasteiger partial charge is 0.456 e. The largest absolute Gasteiger partial charge is 0.460 e. The zero-order chi connectivity index (χ0) is 20.7. The van der Waals surface area contributed by atoms with E-state index in [2.05, 4.69) is 11.3 Å². The van der Waals surface area contributed by atoms with E-state index in [1.807, 2.05) is 0 Å². The number of halogens is 13. The molecule has 0 aromatic carbocycles. The molecule has 148 valence electrons. The van der Waals surface area contributed by atoms with Gasteiger partial charge in [0.15, 0.2) is 6.61 Å². The standard InChI is InChI=1S/C10H5F13O2/c1-2-4(24)25-3-5(11,12)6(13,14)7(15,16)8(17,18)9(19,20)10(21,22)23/h2H,1,3H2. The Labute approximate surface area is 129 Å². The monoisotopic (exact) mass is 404 g/mol. The van der Waals surface area contributed by atoms with Gasteiger partial charge in [-0.3, -0.25) is 0 Å². The van der Waals surface area contributed by atoms with Crippen LogP contribution in [0.4, 0.5) is 57.1 Å². The predicted octanol–water partition coefficient (Wildman–Crippen LogP) is 4.45. The van der Waals surface area contributed by atoms with Crippen molar-refractivity contribution in [1.29, 1.82) is 0 Å². The Kier molecular flexibility index (Phi) is 5.81. The number of rotatable bonds is 7. The van der Waals surface area contributed by atoms with Gasteiger partial charge < -0.3 is 4.74 Å². The molecular weight excluding hydrogens is 399 g/mol. The van der Waals surface area contributed by atoms with Crippen LogP contribution >= 0.6 is 0 Å². The molecule has 15 heteroatoms. The van der Waals surface area contributed by atoms with Crippen LogP contribution in [0.3, 0.4) is 0 Å². The lowest BCUT2D eigenvalue weighted by atomic mass is 9.94. The second-order valence-electron chi connectivity index (χ2n) is 4.31. The molecule has 0 unspecified atom stereocenters. The van der Waals surface area contributed by atoms with Gasteiger partial charge in [-0.1, -0.05) is 6.58 Å². The van der Waals surface area contributed by atoms with E-state index >= 15 is 0 Å². The minimum atomic E-state index is -7.98. The van der Waals surface area contributed by atoms with Crippen molar-refractivity contribution in [3.05, 3.63) is 12.7 Å². The molecule has 0 bridgehead atoms. The van der Waals surface area contributed by atoms with Crippen molar-refractivity contribution >= 4 is 5.97 Å². The average molecular weight is 404 g/mol. The number of esters is 1. The van der Waals surface area contributed by atoms with E-state index in [1.165, 1.54) is 0 Å². The summed E-state index contributed by atoms with van der Waals surface area (Å²) in [6.07, 6.45) is -7.42. The van der Waals surface area contributed by atoms with E-state index in [4.69, 9.17) is 0 Å². The number of hydrogen-bond donors (Lipinski definition) is 0. The normalized spacial score (nSPS) is 15.1. The summed E-state index contributed by atoms with van der Waals surface area (Å²) >= 11 is 0. The summed E-state index contributed by atoms with van der Waals surface area (Å²) < 4.78 is 167. The molecule has 0 fully saturated rings. The summed E-state index contributed by atoms with van der Waals surface area (Å²) in [4.78, 5) is 10.4. The third-order valence-corrected chi connectivity index (χ3v) is 2.56. The summed E-state index contributed by atoms with van der Waals surface area (Å²) in [5, 5.41) is 0. The number of carbonyl (C=O) groups is 1. The molecule has 25 heavy (non-hydrogen) atoms. The zero-order valence-electron chi connectivity index (χ0n) is 11.2. The lowest BCUT2D eigenvalue weighted by molar-refractivity contribution is -0.441. The maximum atomic E-state index is 13.1. The molecule has 0 radical (unpaired) electrons. The first-order valence-electron chi connectivity index (χ1n) is 5.45. The molecule has 0 heterocycles. The summed E-state index contributed by atoms with van der Waals surface area (Å²) in [5.41, 5.74) is 0. The van der Waals surface area contributed by atoms with Gasteiger partial charge in [0.1, 0.15) is 0 Å². The Morgan fingerprint density at radius 2 is 1.08 bits per heavy atom. The molecule has 0 rings (SSSR count). The summed E-state index contributed by atoms with van der Waals surface area (Å²) in [5.74, 6) is -39.5. The molecule has 0 atom stereocenters. The number of ether oxygens (including phenoxy) is 1. The molecule has 0 saturated carbocycles. The maximum Gasteiger partial charge on any atom is 0.460 e. The SMILES string of the molecule is C=CC(=O)OCC(F)(F)C(F)(F)C(F)(F)C(F)(F)C(F)(F)C(F)(F)F. The molecule has 0 aromatic rings. The first-order valence-corrected chi connectivity index (χ1v) is 5.45. The molecule has 0 N–H and O–H groups in total. The minimum absolute atomic E-state index is 0.0543. The fourth-order valence-electron chi connectivity index (χ4n) is 1.11. The highest BCUT2D eigenvalue weighted by molar-refractivity contribution is 5.81. The van der Waals surface area contributed by atoms with Crippen molar-refractivity contribution in [2.45, 2.75) is 35.8 Å². The molecule has 0 aliphatic carbocycles. The Morgan fingerprint density at radius 1 is 0.720 bits per heavy atom. The van der Waals surface area contributed by atoms with Crippen LogP contribution in [-0.2, 0) is 9.53 Å². The molecule has 0 amide bonds. The van der Waals surface area contributed by atoms with Gasteiger partial charge in [-0.2, -0.15) is 57.1 Å². The van der Waals surface area contributed by atoms with Crippen molar-refractivity contribution in [1.82, 2.24) is 0 Å². The summed E-state index contributed by atoms with van der Waals surface area (Å²) in [6, 6.07) is 0. The van der Waals surface area contributed by atoms with E-state index in [1.54, 1.807) is 0 Å². The first-order chi connectivity index (χ1) is 10.7. The van der Waals surface area contributed by atoms with Gasteiger partial charge in [0, 0.05) is 6.08 Å².